The van der Waals surface area contributed by atoms with Crippen molar-refractivity contribution in [3.63, 3.8) is 0 Å². The quantitative estimate of drug-likeness (QED) is 0.620. The smallest absolute Gasteiger partial charge is 0.309 e. The molecule has 9 heteroatoms. The van der Waals surface area contributed by atoms with Crippen molar-refractivity contribution in [2.75, 3.05) is 39.2 Å². The van der Waals surface area contributed by atoms with Gasteiger partial charge in [0.05, 0.1) is 28.9 Å². The fourth-order valence-corrected chi connectivity index (χ4v) is 5.43. The van der Waals surface area contributed by atoms with Gasteiger partial charge in [-0.15, -0.1) is 5.48 Å². The van der Waals surface area contributed by atoms with Crippen LogP contribution in [-0.4, -0.2) is 60.5 Å². The predicted octanol–water partition coefficient (Wildman–Crippen LogP) is 2.93. The number of ether oxygens (including phenoxy) is 2. The number of aliphatic imine (C=N–C) groups is 1. The number of likely N-dealkylation sites (tertiary alicyclic amines) is 1. The number of hydroxylamine groups is 1. The Morgan fingerprint density at radius 3 is 2.87 bits per heavy atom. The Morgan fingerprint density at radius 1 is 1.35 bits per heavy atom. The average molecular weight is 454 g/mol. The summed E-state index contributed by atoms with van der Waals surface area (Å²) in [6, 6.07) is 5.32. The van der Waals surface area contributed by atoms with Gasteiger partial charge in [-0.3, -0.25) is 4.21 Å². The molecule has 0 aromatic heterocycles. The van der Waals surface area contributed by atoms with Crippen LogP contribution in [0.5, 0.6) is 5.75 Å². The van der Waals surface area contributed by atoms with Crippen molar-refractivity contribution in [1.82, 2.24) is 10.4 Å². The van der Waals surface area contributed by atoms with E-state index in [0.717, 1.165) is 44.2 Å². The fourth-order valence-electron chi connectivity index (χ4n) is 4.62. The maximum Gasteiger partial charge on any atom is 0.309 e. The van der Waals surface area contributed by atoms with Crippen LogP contribution >= 0.6 is 0 Å². The zero-order valence-corrected chi connectivity index (χ0v) is 19.0. The lowest BCUT2D eigenvalue weighted by Crippen LogP contribution is -2.40. The van der Waals surface area contributed by atoms with Crippen LogP contribution in [-0.2, 0) is 20.4 Å². The Balaban J connectivity index is 1.16. The summed E-state index contributed by atoms with van der Waals surface area (Å²) in [5.74, 6) is 2.67. The third-order valence-corrected chi connectivity index (χ3v) is 7.78. The number of benzene rings is 1. The molecule has 1 aromatic carbocycles. The number of rotatable bonds is 9. The molecule has 1 saturated carbocycles. The molecule has 0 spiro atoms. The highest BCUT2D eigenvalue weighted by atomic mass is 32.2. The van der Waals surface area contributed by atoms with Crippen LogP contribution < -0.4 is 10.2 Å². The van der Waals surface area contributed by atoms with E-state index in [2.05, 4.69) is 15.4 Å². The highest BCUT2D eigenvalue weighted by molar-refractivity contribution is 7.85. The van der Waals surface area contributed by atoms with Crippen LogP contribution in [0, 0.1) is 23.6 Å². The van der Waals surface area contributed by atoms with E-state index in [-0.39, 0.29) is 11.1 Å². The van der Waals surface area contributed by atoms with Crippen molar-refractivity contribution in [3.05, 3.63) is 24.0 Å². The molecule has 0 radical (unpaired) electrons. The van der Waals surface area contributed by atoms with Crippen molar-refractivity contribution >= 4 is 16.8 Å². The molecule has 4 atom stereocenters. The van der Waals surface area contributed by atoms with Crippen molar-refractivity contribution in [2.45, 2.75) is 43.7 Å². The molecule has 2 heterocycles. The number of amidine groups is 1. The van der Waals surface area contributed by atoms with Gasteiger partial charge < -0.3 is 19.2 Å². The highest BCUT2D eigenvalue weighted by Gasteiger charge is 2.43. The van der Waals surface area contributed by atoms with Crippen LogP contribution in [0.15, 0.2) is 28.1 Å². The monoisotopic (exact) mass is 453 g/mol. The van der Waals surface area contributed by atoms with Gasteiger partial charge in [0.2, 0.25) is 0 Å². The number of hydrogen-bond donors (Lipinski definition) is 1. The van der Waals surface area contributed by atoms with Crippen molar-refractivity contribution in [3.8, 4) is 5.75 Å². The molecule has 1 aromatic rings. The molecule has 4 rings (SSSR count). The number of nitrogens with zero attached hydrogens (tertiary/aromatic N) is 2. The predicted molar refractivity (Wildman–Crippen MR) is 117 cm³/mol. The third kappa shape index (κ3) is 5.56. The lowest BCUT2D eigenvalue weighted by molar-refractivity contribution is 0.0930. The van der Waals surface area contributed by atoms with E-state index in [0.29, 0.717) is 36.7 Å². The van der Waals surface area contributed by atoms with E-state index >= 15 is 0 Å². The van der Waals surface area contributed by atoms with Gasteiger partial charge in [-0.1, -0.05) is 6.92 Å². The largest absolute Gasteiger partial charge is 0.493 e. The maximum atomic E-state index is 14.1. The van der Waals surface area contributed by atoms with E-state index in [4.69, 9.17) is 14.3 Å². The second-order valence-corrected chi connectivity index (χ2v) is 10.2. The number of halogens is 1. The summed E-state index contributed by atoms with van der Waals surface area (Å²) >= 11 is 0. The summed E-state index contributed by atoms with van der Waals surface area (Å²) in [5.41, 5.74) is 2.89. The molecule has 1 aliphatic carbocycles. The minimum atomic E-state index is -1.29. The summed E-state index contributed by atoms with van der Waals surface area (Å²) < 4.78 is 36.7. The van der Waals surface area contributed by atoms with Gasteiger partial charge >= 0.3 is 6.02 Å². The molecule has 1 saturated heterocycles. The molecular formula is C22H32FN3O4S. The summed E-state index contributed by atoms with van der Waals surface area (Å²) in [7, 11) is 0.369. The second kappa shape index (κ2) is 10.3. The van der Waals surface area contributed by atoms with E-state index in [9.17, 15) is 8.60 Å². The van der Waals surface area contributed by atoms with Gasteiger partial charge in [-0.25, -0.2) is 9.38 Å². The number of methoxy groups -OCH3 is 1. The van der Waals surface area contributed by atoms with Crippen LogP contribution in [0.2, 0.25) is 0 Å². The minimum Gasteiger partial charge on any atom is -0.493 e. The molecule has 2 fully saturated rings. The first-order valence-corrected chi connectivity index (χ1v) is 12.5. The Morgan fingerprint density at radius 2 is 2.16 bits per heavy atom. The second-order valence-electron chi connectivity index (χ2n) is 8.45. The first kappa shape index (κ1) is 22.5. The number of nitrogens with one attached hydrogen (secondary N) is 1. The van der Waals surface area contributed by atoms with Gasteiger partial charge in [0, 0.05) is 32.0 Å². The summed E-state index contributed by atoms with van der Waals surface area (Å²) in [6.07, 6.45) is 4.43. The fraction of sp³-hybridized carbons (Fsp3) is 0.682. The number of piperidine rings is 1. The first-order valence-electron chi connectivity index (χ1n) is 11.1. The van der Waals surface area contributed by atoms with Gasteiger partial charge in [0.15, 0.2) is 6.17 Å². The van der Waals surface area contributed by atoms with Crippen LogP contribution in [0.25, 0.3) is 0 Å². The Labute approximate surface area is 185 Å². The van der Waals surface area contributed by atoms with Gasteiger partial charge in [-0.05, 0) is 55.6 Å². The van der Waals surface area contributed by atoms with Gasteiger partial charge in [0.25, 0.3) is 0 Å². The van der Waals surface area contributed by atoms with Gasteiger partial charge in [0.1, 0.15) is 11.6 Å². The standard InChI is InChI=1S/C22H32FN3O4S/c1-3-31(27)20-5-4-17(13-19(20)23)29-11-8-16-12-18(16)15-6-9-26(10-7-15)22-24-21(14-28-2)25-30-22/h4-5,13,15-16,18,21,25H,3,6-12,14H2,1-2H3. The molecule has 1 N–H and O–H groups in total. The van der Waals surface area contributed by atoms with E-state index in [1.807, 2.05) is 0 Å². The molecule has 7 nitrogen and oxygen atoms in total. The molecule has 172 valence electrons. The highest BCUT2D eigenvalue weighted by Crippen LogP contribution is 2.49. The topological polar surface area (TPSA) is 72.4 Å². The average Bonchev–Trinajstić information content (AvgIpc) is 3.40. The van der Waals surface area contributed by atoms with Crippen molar-refractivity contribution in [2.24, 2.45) is 22.7 Å². The lowest BCUT2D eigenvalue weighted by Gasteiger charge is -2.32. The summed E-state index contributed by atoms with van der Waals surface area (Å²) in [5, 5.41) is 0. The molecule has 3 aliphatic rings. The zero-order chi connectivity index (χ0) is 21.8. The minimum absolute atomic E-state index is 0.121. The summed E-state index contributed by atoms with van der Waals surface area (Å²) in [6.45, 7) is 4.81. The Kier molecular flexibility index (Phi) is 7.45. The van der Waals surface area contributed by atoms with E-state index < -0.39 is 16.6 Å². The van der Waals surface area contributed by atoms with Crippen LogP contribution in [0.1, 0.15) is 32.6 Å². The molecule has 0 bridgehead atoms. The van der Waals surface area contributed by atoms with Crippen LogP contribution in [0.4, 0.5) is 4.39 Å². The Bertz CT molecular complexity index is 816. The molecule has 2 aliphatic heterocycles. The van der Waals surface area contributed by atoms with Gasteiger partial charge in [-0.2, -0.15) is 0 Å². The molecule has 0 amide bonds. The maximum absolute atomic E-state index is 14.1. The Hall–Kier alpha value is -1.71. The molecule has 4 unspecified atom stereocenters. The lowest BCUT2D eigenvalue weighted by atomic mass is 9.90. The summed E-state index contributed by atoms with van der Waals surface area (Å²) in [4.78, 5) is 12.5. The van der Waals surface area contributed by atoms with E-state index in [1.54, 1.807) is 26.2 Å². The molecular weight excluding hydrogens is 421 g/mol. The normalized spacial score (nSPS) is 27.0. The SMILES string of the molecule is CCS(=O)c1ccc(OCCC2CC2C2CCN(C3=NC(COC)NO3)CC2)cc1F. The van der Waals surface area contributed by atoms with E-state index in [1.165, 1.54) is 12.5 Å². The van der Waals surface area contributed by atoms with Crippen LogP contribution in [0.3, 0.4) is 0 Å². The zero-order valence-electron chi connectivity index (χ0n) is 18.2. The molecule has 31 heavy (non-hydrogen) atoms. The third-order valence-electron chi connectivity index (χ3n) is 6.44. The number of hydrogen-bond acceptors (Lipinski definition) is 7. The van der Waals surface area contributed by atoms with Crippen molar-refractivity contribution in [1.29, 1.82) is 0 Å². The first-order chi connectivity index (χ1) is 15.1. The van der Waals surface area contributed by atoms with Crippen molar-refractivity contribution < 1.29 is 22.9 Å².